The Morgan fingerprint density at radius 3 is 2.25 bits per heavy atom. The molecule has 2 aliphatic heterocycles. The minimum atomic E-state index is -5.08. The van der Waals surface area contributed by atoms with E-state index in [9.17, 15) is 26.3 Å². The van der Waals surface area contributed by atoms with Gasteiger partial charge in [-0.25, -0.2) is 14.6 Å². The fraction of sp³-hybridized carbons (Fsp3) is 0.762. The summed E-state index contributed by atoms with van der Waals surface area (Å²) >= 11 is 1.76. The molecule has 2 unspecified atom stereocenters. The van der Waals surface area contributed by atoms with Crippen LogP contribution in [0.4, 0.5) is 26.3 Å². The second kappa shape index (κ2) is 13.0. The number of likely N-dealkylation sites (tertiary alicyclic amines) is 1. The maximum absolute atomic E-state index is 10.6. The van der Waals surface area contributed by atoms with Gasteiger partial charge >= 0.3 is 24.3 Å². The number of carboxylic acid groups (broad SMARTS) is 2. The molecule has 4 rings (SSSR count). The Hall–Kier alpha value is -1.97. The van der Waals surface area contributed by atoms with Gasteiger partial charge in [0.1, 0.15) is 5.01 Å². The predicted molar refractivity (Wildman–Crippen MR) is 114 cm³/mol. The van der Waals surface area contributed by atoms with Crippen LogP contribution in [0.2, 0.25) is 0 Å². The Morgan fingerprint density at radius 2 is 1.75 bits per heavy atom. The summed E-state index contributed by atoms with van der Waals surface area (Å²) in [6, 6.07) is 0. The molecule has 2 saturated heterocycles. The van der Waals surface area contributed by atoms with Crippen molar-refractivity contribution in [3.63, 3.8) is 0 Å². The summed E-state index contributed by atoms with van der Waals surface area (Å²) in [5.74, 6) is -4.67. The number of fused-ring (bicyclic) bond motifs is 1. The van der Waals surface area contributed by atoms with Crippen LogP contribution in [0, 0.1) is 11.3 Å². The summed E-state index contributed by atoms with van der Waals surface area (Å²) in [5, 5.41) is 17.5. The van der Waals surface area contributed by atoms with Gasteiger partial charge in [-0.2, -0.15) is 26.3 Å². The lowest BCUT2D eigenvalue weighted by Gasteiger charge is -2.50. The molecule has 0 amide bonds. The molecule has 1 aliphatic carbocycles. The molecule has 0 spiro atoms. The number of piperidine rings is 1. The van der Waals surface area contributed by atoms with Crippen molar-refractivity contribution in [2.24, 2.45) is 11.3 Å². The van der Waals surface area contributed by atoms with Crippen LogP contribution in [0.1, 0.15) is 37.1 Å². The third-order valence-electron chi connectivity index (χ3n) is 5.83. The van der Waals surface area contributed by atoms with Gasteiger partial charge in [0, 0.05) is 43.3 Å². The molecule has 206 valence electrons. The summed E-state index contributed by atoms with van der Waals surface area (Å²) in [4.78, 5) is 24.8. The zero-order chi connectivity index (χ0) is 27.0. The molecule has 2 atom stereocenters. The summed E-state index contributed by atoms with van der Waals surface area (Å²) in [6.45, 7) is 5.97. The van der Waals surface area contributed by atoms with Gasteiger partial charge in [0.25, 0.3) is 0 Å². The van der Waals surface area contributed by atoms with Gasteiger partial charge in [-0.1, -0.05) is 0 Å². The van der Waals surface area contributed by atoms with Crippen LogP contribution in [0.5, 0.6) is 0 Å². The van der Waals surface area contributed by atoms with Crippen LogP contribution in [0.25, 0.3) is 0 Å². The molecule has 1 aromatic heterocycles. The first kappa shape index (κ1) is 30.3. The Kier molecular flexibility index (Phi) is 10.9. The normalized spacial score (nSPS) is 24.4. The second-order valence-corrected chi connectivity index (χ2v) is 9.79. The standard InChI is InChI=1S/C17H26N2O2S.2C2HF3O2/c1-5-17(13-20-11-14-2-3-14)12-19(7-4-15(17)21-8-1)10-16-18-6-9-22-16;2*3-2(4,5)1(6)7/h6,9,14-15H,1-5,7-8,10-13H2;2*(H,6,7). The SMILES string of the molecule is O=C(O)C(F)(F)F.O=C(O)C(F)(F)F.c1csc(CN2CCC3OCCCC3(COCC3CC3)C2)n1. The highest BCUT2D eigenvalue weighted by atomic mass is 32.1. The van der Waals surface area contributed by atoms with E-state index in [0.29, 0.717) is 6.10 Å². The number of rotatable bonds is 6. The fourth-order valence-electron chi connectivity index (χ4n) is 3.96. The van der Waals surface area contributed by atoms with Crippen LogP contribution in [0.15, 0.2) is 11.6 Å². The lowest BCUT2D eigenvalue weighted by Crippen LogP contribution is -2.56. The quantitative estimate of drug-likeness (QED) is 0.508. The Balaban J connectivity index is 0.000000271. The van der Waals surface area contributed by atoms with Crippen molar-refractivity contribution >= 4 is 23.3 Å². The van der Waals surface area contributed by atoms with Crippen LogP contribution in [0.3, 0.4) is 0 Å². The molecule has 3 fully saturated rings. The van der Waals surface area contributed by atoms with E-state index in [2.05, 4.69) is 15.3 Å². The van der Waals surface area contributed by atoms with E-state index in [1.54, 1.807) is 11.3 Å². The number of aromatic nitrogens is 1. The summed E-state index contributed by atoms with van der Waals surface area (Å²) in [6.07, 6.45) is -1.58. The van der Waals surface area contributed by atoms with Gasteiger partial charge in [-0.05, 0) is 38.0 Å². The van der Waals surface area contributed by atoms with Crippen molar-refractivity contribution in [3.8, 4) is 0 Å². The summed E-state index contributed by atoms with van der Waals surface area (Å²) in [7, 11) is 0. The highest BCUT2D eigenvalue weighted by molar-refractivity contribution is 7.09. The first-order valence-electron chi connectivity index (χ1n) is 11.1. The lowest BCUT2D eigenvalue weighted by atomic mass is 9.73. The van der Waals surface area contributed by atoms with E-state index >= 15 is 0 Å². The largest absolute Gasteiger partial charge is 0.490 e. The molecular formula is C21H28F6N2O6S. The van der Waals surface area contributed by atoms with Gasteiger partial charge in [0.15, 0.2) is 0 Å². The topological polar surface area (TPSA) is 109 Å². The molecule has 0 radical (unpaired) electrons. The monoisotopic (exact) mass is 550 g/mol. The molecule has 36 heavy (non-hydrogen) atoms. The van der Waals surface area contributed by atoms with E-state index in [-0.39, 0.29) is 5.41 Å². The zero-order valence-electron chi connectivity index (χ0n) is 19.2. The van der Waals surface area contributed by atoms with E-state index in [1.807, 2.05) is 6.20 Å². The van der Waals surface area contributed by atoms with Crippen molar-refractivity contribution in [2.75, 3.05) is 32.9 Å². The van der Waals surface area contributed by atoms with E-state index in [4.69, 9.17) is 29.3 Å². The van der Waals surface area contributed by atoms with Gasteiger partial charge in [-0.3, -0.25) is 4.90 Å². The second-order valence-electron chi connectivity index (χ2n) is 8.81. The predicted octanol–water partition coefficient (Wildman–Crippen LogP) is 4.21. The smallest absolute Gasteiger partial charge is 0.475 e. The number of ether oxygens (including phenoxy) is 2. The maximum Gasteiger partial charge on any atom is 0.490 e. The number of carbonyl (C=O) groups is 2. The number of halogens is 6. The number of carboxylic acids is 2. The highest BCUT2D eigenvalue weighted by Crippen LogP contribution is 2.41. The molecule has 1 saturated carbocycles. The third kappa shape index (κ3) is 10.2. The molecule has 8 nitrogen and oxygen atoms in total. The van der Waals surface area contributed by atoms with Crippen LogP contribution >= 0.6 is 11.3 Å². The van der Waals surface area contributed by atoms with E-state index < -0.39 is 24.3 Å². The number of aliphatic carboxylic acids is 2. The van der Waals surface area contributed by atoms with E-state index in [1.165, 1.54) is 30.7 Å². The van der Waals surface area contributed by atoms with E-state index in [0.717, 1.165) is 51.8 Å². The Bertz CT molecular complexity index is 810. The zero-order valence-corrected chi connectivity index (χ0v) is 20.0. The number of hydrogen-bond donors (Lipinski definition) is 2. The molecular weight excluding hydrogens is 522 g/mol. The molecule has 15 heteroatoms. The molecule has 0 bridgehead atoms. The minimum absolute atomic E-state index is 0.211. The average Bonchev–Trinajstić information content (AvgIpc) is 3.46. The van der Waals surface area contributed by atoms with Gasteiger partial charge < -0.3 is 19.7 Å². The number of thiazole rings is 1. The lowest BCUT2D eigenvalue weighted by molar-refractivity contribution is -0.193. The average molecular weight is 551 g/mol. The third-order valence-corrected chi connectivity index (χ3v) is 6.60. The molecule has 3 heterocycles. The molecule has 0 aromatic carbocycles. The van der Waals surface area contributed by atoms with Crippen molar-refractivity contribution in [1.29, 1.82) is 0 Å². The van der Waals surface area contributed by atoms with Crippen molar-refractivity contribution < 1.29 is 55.6 Å². The Morgan fingerprint density at radius 1 is 1.14 bits per heavy atom. The van der Waals surface area contributed by atoms with Crippen LogP contribution in [-0.4, -0.2) is 83.4 Å². The molecule has 3 aliphatic rings. The van der Waals surface area contributed by atoms with Crippen LogP contribution in [-0.2, 0) is 25.6 Å². The van der Waals surface area contributed by atoms with Crippen molar-refractivity contribution in [1.82, 2.24) is 9.88 Å². The van der Waals surface area contributed by atoms with Gasteiger partial charge in [-0.15, -0.1) is 11.3 Å². The highest BCUT2D eigenvalue weighted by Gasteiger charge is 2.46. The van der Waals surface area contributed by atoms with Crippen LogP contribution < -0.4 is 0 Å². The number of nitrogens with zero attached hydrogens (tertiary/aromatic N) is 2. The molecule has 1 aromatic rings. The fourth-order valence-corrected chi connectivity index (χ4v) is 4.62. The first-order valence-corrected chi connectivity index (χ1v) is 12.0. The van der Waals surface area contributed by atoms with Gasteiger partial charge in [0.05, 0.1) is 19.3 Å². The summed E-state index contributed by atoms with van der Waals surface area (Å²) < 4.78 is 75.7. The molecule has 2 N–H and O–H groups in total. The number of hydrogen-bond acceptors (Lipinski definition) is 7. The van der Waals surface area contributed by atoms with Crippen molar-refractivity contribution in [3.05, 3.63) is 16.6 Å². The number of alkyl halides is 6. The maximum atomic E-state index is 10.6. The minimum Gasteiger partial charge on any atom is -0.475 e. The van der Waals surface area contributed by atoms with Gasteiger partial charge in [0.2, 0.25) is 0 Å². The first-order chi connectivity index (χ1) is 16.7. The van der Waals surface area contributed by atoms with Crippen molar-refractivity contribution in [2.45, 2.75) is 57.1 Å². The Labute approximate surface area is 207 Å². The summed E-state index contributed by atoms with van der Waals surface area (Å²) in [5.41, 5.74) is 0.211.